The molecule has 0 radical (unpaired) electrons. The van der Waals surface area contributed by atoms with E-state index in [1.165, 1.54) is 0 Å². The van der Waals surface area contributed by atoms with Crippen molar-refractivity contribution in [1.82, 2.24) is 9.97 Å². The summed E-state index contributed by atoms with van der Waals surface area (Å²) in [5.41, 5.74) is 0. The Morgan fingerprint density at radius 3 is 2.86 bits per heavy atom. The van der Waals surface area contributed by atoms with E-state index in [0.29, 0.717) is 0 Å². The highest BCUT2D eigenvalue weighted by Gasteiger charge is 2.22. The topological polar surface area (TPSA) is 95.2 Å². The fraction of sp³-hybridized carbons (Fsp3) is 0.167. The molecule has 0 N–H and O–H groups in total. The molecule has 0 aliphatic carbocycles. The number of ether oxygens (including phenoxy) is 1. The van der Waals surface area contributed by atoms with Gasteiger partial charge in [-0.1, -0.05) is 11.6 Å². The summed E-state index contributed by atoms with van der Waals surface area (Å²) in [6, 6.07) is 0. The third kappa shape index (κ3) is 1.94. The van der Waals surface area contributed by atoms with Gasteiger partial charge in [-0.15, -0.1) is 0 Å². The lowest BCUT2D eigenvalue weighted by Gasteiger charge is -1.95. The Labute approximate surface area is 82.8 Å². The van der Waals surface area contributed by atoms with Crippen LogP contribution in [0, 0.1) is 10.1 Å². The monoisotopic (exact) mass is 217 g/mol. The first-order valence-electron chi connectivity index (χ1n) is 3.31. The van der Waals surface area contributed by atoms with Crippen LogP contribution in [-0.2, 0) is 4.74 Å². The Kier molecular flexibility index (Phi) is 2.92. The molecular formula is C6H4ClN3O4. The maximum absolute atomic E-state index is 10.9. The maximum atomic E-state index is 10.9. The number of hydrogen-bond donors (Lipinski definition) is 0. The van der Waals surface area contributed by atoms with Gasteiger partial charge in [-0.2, -0.15) is 0 Å². The minimum absolute atomic E-state index is 0.234. The molecule has 1 heterocycles. The lowest BCUT2D eigenvalue weighted by Crippen LogP contribution is -2.08. The molecule has 0 bridgehead atoms. The fourth-order valence-electron chi connectivity index (χ4n) is 0.676. The van der Waals surface area contributed by atoms with E-state index >= 15 is 0 Å². The fourth-order valence-corrected chi connectivity index (χ4v) is 0.836. The van der Waals surface area contributed by atoms with Gasteiger partial charge in [0.25, 0.3) is 0 Å². The highest BCUT2D eigenvalue weighted by molar-refractivity contribution is 6.32. The number of carbonyl (C=O) groups excluding carboxylic acids is 1. The largest absolute Gasteiger partial charge is 0.461 e. The van der Waals surface area contributed by atoms with Crippen molar-refractivity contribution in [2.24, 2.45) is 0 Å². The number of nitro groups is 1. The zero-order valence-corrected chi connectivity index (χ0v) is 7.69. The molecule has 0 aliphatic rings. The van der Waals surface area contributed by atoms with Gasteiger partial charge in [-0.25, -0.2) is 9.78 Å². The Morgan fingerprint density at radius 1 is 1.71 bits per heavy atom. The Balaban J connectivity index is 3.19. The summed E-state index contributed by atoms with van der Waals surface area (Å²) in [4.78, 5) is 27.2. The summed E-state index contributed by atoms with van der Waals surface area (Å²) < 4.78 is 4.28. The molecule has 1 rings (SSSR count). The average Bonchev–Trinajstić information content (AvgIpc) is 2.17. The van der Waals surface area contributed by atoms with Crippen LogP contribution in [0.5, 0.6) is 0 Å². The van der Waals surface area contributed by atoms with Gasteiger partial charge in [0.1, 0.15) is 0 Å². The van der Waals surface area contributed by atoms with Crippen molar-refractivity contribution in [3.8, 4) is 0 Å². The first-order valence-corrected chi connectivity index (χ1v) is 3.69. The third-order valence-corrected chi connectivity index (χ3v) is 1.53. The lowest BCUT2D eigenvalue weighted by atomic mass is 10.5. The predicted molar refractivity (Wildman–Crippen MR) is 45.0 cm³/mol. The van der Waals surface area contributed by atoms with Crippen molar-refractivity contribution >= 4 is 23.4 Å². The predicted octanol–water partition coefficient (Wildman–Crippen LogP) is 0.825. The van der Waals surface area contributed by atoms with Crippen LogP contribution in [0.3, 0.4) is 0 Å². The first-order chi connectivity index (χ1) is 6.56. The zero-order valence-electron chi connectivity index (χ0n) is 6.93. The number of esters is 1. The van der Waals surface area contributed by atoms with Gasteiger partial charge in [0, 0.05) is 0 Å². The molecule has 0 spiro atoms. The molecule has 0 saturated heterocycles. The molecule has 0 amide bonds. The van der Waals surface area contributed by atoms with E-state index in [1.54, 1.807) is 0 Å². The van der Waals surface area contributed by atoms with Crippen molar-refractivity contribution in [3.05, 3.63) is 27.2 Å². The minimum atomic E-state index is -0.857. The molecule has 74 valence electrons. The van der Waals surface area contributed by atoms with Crippen molar-refractivity contribution in [2.45, 2.75) is 0 Å². The SMILES string of the molecule is COC(=O)c1ncc(Cl)c([N+](=O)[O-])n1. The van der Waals surface area contributed by atoms with Crippen LogP contribution in [0.2, 0.25) is 5.02 Å². The Bertz CT molecular complexity index is 395. The molecule has 0 unspecified atom stereocenters. The zero-order chi connectivity index (χ0) is 10.7. The van der Waals surface area contributed by atoms with Crippen LogP contribution in [0.4, 0.5) is 5.82 Å². The maximum Gasteiger partial charge on any atom is 0.403 e. The van der Waals surface area contributed by atoms with E-state index in [4.69, 9.17) is 11.6 Å². The van der Waals surface area contributed by atoms with Gasteiger partial charge in [0.15, 0.2) is 5.02 Å². The summed E-state index contributed by atoms with van der Waals surface area (Å²) in [5.74, 6) is -1.88. The first kappa shape index (κ1) is 10.3. The Hall–Kier alpha value is -1.76. The van der Waals surface area contributed by atoms with Crippen LogP contribution in [0.1, 0.15) is 10.6 Å². The summed E-state index contributed by atoms with van der Waals surface area (Å²) in [6.45, 7) is 0. The van der Waals surface area contributed by atoms with Crippen LogP contribution < -0.4 is 0 Å². The number of nitrogens with zero attached hydrogens (tertiary/aromatic N) is 3. The molecular weight excluding hydrogens is 214 g/mol. The summed E-state index contributed by atoms with van der Waals surface area (Å²) in [7, 11) is 1.12. The van der Waals surface area contributed by atoms with E-state index < -0.39 is 22.5 Å². The van der Waals surface area contributed by atoms with Gasteiger partial charge in [0.05, 0.1) is 13.3 Å². The summed E-state index contributed by atoms with van der Waals surface area (Å²) in [5, 5.41) is 10.1. The molecule has 0 aliphatic heterocycles. The van der Waals surface area contributed by atoms with Gasteiger partial charge < -0.3 is 14.9 Å². The molecule has 14 heavy (non-hydrogen) atoms. The van der Waals surface area contributed by atoms with Crippen molar-refractivity contribution in [1.29, 1.82) is 0 Å². The van der Waals surface area contributed by atoms with E-state index in [-0.39, 0.29) is 5.02 Å². The number of hydrogen-bond acceptors (Lipinski definition) is 6. The van der Waals surface area contributed by atoms with Gasteiger partial charge in [0.2, 0.25) is 0 Å². The second-order valence-electron chi connectivity index (χ2n) is 2.11. The quantitative estimate of drug-likeness (QED) is 0.414. The van der Waals surface area contributed by atoms with E-state index in [9.17, 15) is 14.9 Å². The van der Waals surface area contributed by atoms with E-state index in [1.807, 2.05) is 0 Å². The lowest BCUT2D eigenvalue weighted by molar-refractivity contribution is -0.389. The smallest absolute Gasteiger partial charge is 0.403 e. The summed E-state index contributed by atoms with van der Waals surface area (Å²) >= 11 is 5.42. The van der Waals surface area contributed by atoms with Crippen molar-refractivity contribution < 1.29 is 14.5 Å². The normalized spacial score (nSPS) is 9.57. The molecule has 0 fully saturated rings. The average molecular weight is 218 g/mol. The van der Waals surface area contributed by atoms with Crippen molar-refractivity contribution in [2.75, 3.05) is 7.11 Å². The molecule has 8 heteroatoms. The second-order valence-corrected chi connectivity index (χ2v) is 2.52. The second kappa shape index (κ2) is 3.97. The van der Waals surface area contributed by atoms with Gasteiger partial charge in [-0.3, -0.25) is 0 Å². The molecule has 0 aromatic carbocycles. The molecule has 1 aromatic rings. The van der Waals surface area contributed by atoms with E-state index in [2.05, 4.69) is 14.7 Å². The molecule has 1 aromatic heterocycles. The highest BCUT2D eigenvalue weighted by atomic mass is 35.5. The number of rotatable bonds is 2. The number of aromatic nitrogens is 2. The van der Waals surface area contributed by atoms with Crippen LogP contribution in [0.25, 0.3) is 0 Å². The van der Waals surface area contributed by atoms with Crippen molar-refractivity contribution in [3.63, 3.8) is 0 Å². The number of methoxy groups -OCH3 is 1. The van der Waals surface area contributed by atoms with E-state index in [0.717, 1.165) is 13.3 Å². The highest BCUT2D eigenvalue weighted by Crippen LogP contribution is 2.19. The summed E-state index contributed by atoms with van der Waals surface area (Å²) in [6.07, 6.45) is 0.971. The van der Waals surface area contributed by atoms with Crippen LogP contribution in [-0.4, -0.2) is 28.0 Å². The van der Waals surface area contributed by atoms with Gasteiger partial charge >= 0.3 is 17.6 Å². The molecule has 0 atom stereocenters. The number of carbonyl (C=O) groups is 1. The molecule has 0 saturated carbocycles. The van der Waals surface area contributed by atoms with Crippen LogP contribution in [0.15, 0.2) is 6.20 Å². The molecule has 7 nitrogen and oxygen atoms in total. The standard InChI is InChI=1S/C6H4ClN3O4/c1-14-6(11)4-8-2-3(7)5(9-4)10(12)13/h2H,1H3. The van der Waals surface area contributed by atoms with Crippen LogP contribution >= 0.6 is 11.6 Å². The Morgan fingerprint density at radius 2 is 2.36 bits per heavy atom. The number of halogens is 1. The third-order valence-electron chi connectivity index (χ3n) is 1.27. The van der Waals surface area contributed by atoms with Gasteiger partial charge in [-0.05, 0) is 9.91 Å². The minimum Gasteiger partial charge on any atom is -0.461 e.